The quantitative estimate of drug-likeness (QED) is 0.721. The Morgan fingerprint density at radius 1 is 1.44 bits per heavy atom. The summed E-state index contributed by atoms with van der Waals surface area (Å²) in [6.45, 7) is 0.852. The first-order valence-corrected chi connectivity index (χ1v) is 10.7. The number of methoxy groups -OCH3 is 1. The molecule has 0 unspecified atom stereocenters. The van der Waals surface area contributed by atoms with E-state index < -0.39 is 9.84 Å². The number of rotatable bonds is 5. The smallest absolute Gasteiger partial charge is 0.251 e. The first kappa shape index (κ1) is 18.5. The summed E-state index contributed by atoms with van der Waals surface area (Å²) < 4.78 is 28.1. The molecule has 1 fully saturated rings. The Morgan fingerprint density at radius 2 is 2.24 bits per heavy atom. The Morgan fingerprint density at radius 3 is 2.96 bits per heavy atom. The number of hydrogen-bond acceptors (Lipinski definition) is 7. The highest BCUT2D eigenvalue weighted by Crippen LogP contribution is 2.35. The lowest BCUT2D eigenvalue weighted by Crippen LogP contribution is -2.27. The Bertz CT molecular complexity index is 813. The summed E-state index contributed by atoms with van der Waals surface area (Å²) in [6.07, 6.45) is 0. The molecule has 3 rings (SSSR count). The van der Waals surface area contributed by atoms with Crippen LogP contribution in [0.3, 0.4) is 0 Å². The van der Waals surface area contributed by atoms with Crippen LogP contribution in [0.5, 0.6) is 0 Å². The van der Waals surface area contributed by atoms with Crippen molar-refractivity contribution >= 4 is 50.0 Å². The van der Waals surface area contributed by atoms with E-state index in [1.165, 1.54) is 11.8 Å². The molecule has 136 valence electrons. The fraction of sp³-hybridized carbons (Fsp3) is 0.467. The minimum absolute atomic E-state index is 0.0493. The van der Waals surface area contributed by atoms with E-state index in [9.17, 15) is 13.2 Å². The maximum absolute atomic E-state index is 12.1. The topological polar surface area (TPSA) is 96.9 Å². The molecule has 2 aliphatic rings. The minimum atomic E-state index is -2.98. The fourth-order valence-corrected chi connectivity index (χ4v) is 6.50. The van der Waals surface area contributed by atoms with Crippen molar-refractivity contribution in [3.05, 3.63) is 28.8 Å². The summed E-state index contributed by atoms with van der Waals surface area (Å²) in [5.74, 6) is 0.0128. The van der Waals surface area contributed by atoms with Crippen LogP contribution in [0.25, 0.3) is 0 Å². The van der Waals surface area contributed by atoms with Crippen LogP contribution in [-0.4, -0.2) is 62.6 Å². The number of sulfone groups is 1. The number of hydrogen-bond donors (Lipinski definition) is 2. The van der Waals surface area contributed by atoms with Gasteiger partial charge in [-0.05, 0) is 18.2 Å². The van der Waals surface area contributed by atoms with Gasteiger partial charge in [0.2, 0.25) is 0 Å². The Kier molecular flexibility index (Phi) is 5.57. The largest absolute Gasteiger partial charge is 0.383 e. The fourth-order valence-electron chi connectivity index (χ4n) is 2.66. The van der Waals surface area contributed by atoms with E-state index in [4.69, 9.17) is 16.3 Å². The molecule has 2 aliphatic heterocycles. The maximum Gasteiger partial charge on any atom is 0.251 e. The second-order valence-electron chi connectivity index (χ2n) is 5.80. The highest BCUT2D eigenvalue weighted by molar-refractivity contribution is 8.15. The van der Waals surface area contributed by atoms with Gasteiger partial charge in [0, 0.05) is 24.5 Å². The van der Waals surface area contributed by atoms with E-state index in [1.807, 2.05) is 0 Å². The zero-order valence-corrected chi connectivity index (χ0v) is 15.9. The van der Waals surface area contributed by atoms with E-state index in [2.05, 4.69) is 15.6 Å². The molecule has 1 aromatic rings. The predicted octanol–water partition coefficient (Wildman–Crippen LogP) is 1.40. The number of anilines is 1. The van der Waals surface area contributed by atoms with Crippen LogP contribution in [0, 0.1) is 0 Å². The van der Waals surface area contributed by atoms with Crippen LogP contribution < -0.4 is 10.6 Å². The van der Waals surface area contributed by atoms with Crippen LogP contribution in [0.4, 0.5) is 5.69 Å². The summed E-state index contributed by atoms with van der Waals surface area (Å²) in [5, 5.41) is 6.89. The van der Waals surface area contributed by atoms with Gasteiger partial charge in [0.1, 0.15) is 0 Å². The van der Waals surface area contributed by atoms with Crippen molar-refractivity contribution in [3.63, 3.8) is 0 Å². The number of fused-ring (bicyclic) bond motifs is 1. The molecule has 1 aromatic carbocycles. The maximum atomic E-state index is 12.1. The van der Waals surface area contributed by atoms with Crippen LogP contribution in [0.1, 0.15) is 10.4 Å². The molecule has 2 atom stereocenters. The lowest BCUT2D eigenvalue weighted by atomic mass is 10.2. The lowest BCUT2D eigenvalue weighted by molar-refractivity contribution is 0.0937. The monoisotopic (exact) mass is 403 g/mol. The van der Waals surface area contributed by atoms with Crippen molar-refractivity contribution < 1.29 is 17.9 Å². The second kappa shape index (κ2) is 7.53. The molecule has 0 radical (unpaired) electrons. The van der Waals surface area contributed by atoms with Crippen LogP contribution in [0.15, 0.2) is 23.2 Å². The van der Waals surface area contributed by atoms with Crippen molar-refractivity contribution in [2.45, 2.75) is 11.3 Å². The van der Waals surface area contributed by atoms with Gasteiger partial charge in [0.25, 0.3) is 5.91 Å². The number of nitrogens with zero attached hydrogens (tertiary/aromatic N) is 1. The normalized spacial score (nSPS) is 23.8. The van der Waals surface area contributed by atoms with Gasteiger partial charge in [0.05, 0.1) is 34.9 Å². The van der Waals surface area contributed by atoms with Crippen LogP contribution in [0.2, 0.25) is 5.02 Å². The molecule has 7 nitrogen and oxygen atoms in total. The minimum Gasteiger partial charge on any atom is -0.383 e. The molecule has 0 bridgehead atoms. The first-order chi connectivity index (χ1) is 11.9. The third kappa shape index (κ3) is 4.46. The number of nitrogens with one attached hydrogen (secondary N) is 2. The van der Waals surface area contributed by atoms with Gasteiger partial charge in [-0.15, -0.1) is 0 Å². The average molecular weight is 404 g/mol. The summed E-state index contributed by atoms with van der Waals surface area (Å²) >= 11 is 7.60. The molecular weight excluding hydrogens is 386 g/mol. The van der Waals surface area contributed by atoms with Gasteiger partial charge in [-0.3, -0.25) is 9.79 Å². The molecular formula is C15H18ClN3O4S2. The molecule has 1 amide bonds. The standard InChI is InChI=1S/C15H18ClN3O4S2/c1-23-5-4-17-14(20)9-2-3-10(16)11(6-9)18-15-19-12-7-25(21,22)8-13(12)24-15/h2-3,6,12-13H,4-5,7-8H2,1H3,(H,17,20)(H,18,19)/t12-,13-/m0/s1. The summed E-state index contributed by atoms with van der Waals surface area (Å²) in [5.41, 5.74) is 1.03. The number of halogens is 1. The van der Waals surface area contributed by atoms with Crippen molar-refractivity contribution in [2.75, 3.05) is 37.1 Å². The number of aliphatic imine (C=N–C) groups is 1. The van der Waals surface area contributed by atoms with E-state index in [-0.39, 0.29) is 28.7 Å². The van der Waals surface area contributed by atoms with Crippen molar-refractivity contribution in [3.8, 4) is 0 Å². The summed E-state index contributed by atoms with van der Waals surface area (Å²) in [6, 6.07) is 4.72. The molecule has 25 heavy (non-hydrogen) atoms. The molecule has 10 heteroatoms. The molecule has 0 aromatic heterocycles. The zero-order valence-electron chi connectivity index (χ0n) is 13.5. The zero-order chi connectivity index (χ0) is 18.0. The van der Waals surface area contributed by atoms with E-state index >= 15 is 0 Å². The van der Waals surface area contributed by atoms with Crippen molar-refractivity contribution in [1.82, 2.24) is 5.32 Å². The second-order valence-corrected chi connectivity index (χ2v) is 9.59. The average Bonchev–Trinajstić information content (AvgIpc) is 3.02. The van der Waals surface area contributed by atoms with Gasteiger partial charge < -0.3 is 15.4 Å². The molecule has 2 N–H and O–H groups in total. The van der Waals surface area contributed by atoms with Crippen LogP contribution >= 0.6 is 23.4 Å². The molecule has 0 saturated carbocycles. The number of benzene rings is 1. The number of amidine groups is 1. The predicted molar refractivity (Wildman–Crippen MR) is 101 cm³/mol. The van der Waals surface area contributed by atoms with Crippen molar-refractivity contribution in [2.24, 2.45) is 4.99 Å². The Hall–Kier alpha value is -1.29. The van der Waals surface area contributed by atoms with Gasteiger partial charge >= 0.3 is 0 Å². The van der Waals surface area contributed by atoms with Gasteiger partial charge in [0.15, 0.2) is 15.0 Å². The SMILES string of the molecule is COCCNC(=O)c1ccc(Cl)c(NC2=N[C@H]3CS(=O)(=O)C[C@@H]3S2)c1. The van der Waals surface area contributed by atoms with Crippen LogP contribution in [-0.2, 0) is 14.6 Å². The van der Waals surface area contributed by atoms with Crippen molar-refractivity contribution in [1.29, 1.82) is 0 Å². The molecule has 0 aliphatic carbocycles. The highest BCUT2D eigenvalue weighted by Gasteiger charge is 2.42. The lowest BCUT2D eigenvalue weighted by Gasteiger charge is -2.11. The third-order valence-electron chi connectivity index (χ3n) is 3.88. The van der Waals surface area contributed by atoms with E-state index in [1.54, 1.807) is 25.3 Å². The third-order valence-corrected chi connectivity index (χ3v) is 7.35. The van der Waals surface area contributed by atoms with E-state index in [0.717, 1.165) is 0 Å². The Balaban J connectivity index is 1.69. The van der Waals surface area contributed by atoms with Gasteiger partial charge in [-0.1, -0.05) is 23.4 Å². The Labute approximate surface area is 155 Å². The molecule has 2 heterocycles. The number of carbonyl (C=O) groups excluding carboxylic acids is 1. The number of carbonyl (C=O) groups is 1. The highest BCUT2D eigenvalue weighted by atomic mass is 35.5. The first-order valence-electron chi connectivity index (χ1n) is 7.66. The summed E-state index contributed by atoms with van der Waals surface area (Å²) in [7, 11) is -1.42. The summed E-state index contributed by atoms with van der Waals surface area (Å²) in [4.78, 5) is 16.5. The van der Waals surface area contributed by atoms with E-state index in [0.29, 0.717) is 34.6 Å². The van der Waals surface area contributed by atoms with Gasteiger partial charge in [-0.2, -0.15) is 0 Å². The number of ether oxygens (including phenoxy) is 1. The molecule has 1 saturated heterocycles. The van der Waals surface area contributed by atoms with Gasteiger partial charge in [-0.25, -0.2) is 8.42 Å². The molecule has 0 spiro atoms. The number of amides is 1. The number of thioether (sulfide) groups is 1.